The molecule has 3 aliphatic heterocycles. The molecule has 33 heavy (non-hydrogen) atoms. The van der Waals surface area contributed by atoms with Crippen LogP contribution in [0.15, 0.2) is 48.5 Å². The fourth-order valence-corrected chi connectivity index (χ4v) is 4.47. The van der Waals surface area contributed by atoms with Crippen molar-refractivity contribution in [1.82, 2.24) is 10.0 Å². The first kappa shape index (κ1) is 21.8. The number of hydrogen-bond acceptors (Lipinski definition) is 6. The molecule has 0 aliphatic carbocycles. The molecule has 5 rings (SSSR count). The number of anilines is 2. The molecule has 2 aromatic carbocycles. The summed E-state index contributed by atoms with van der Waals surface area (Å²) in [6.07, 6.45) is -1.45. The normalized spacial score (nSPS) is 27.8. The third kappa shape index (κ3) is 4.18. The van der Waals surface area contributed by atoms with E-state index in [-0.39, 0.29) is 23.9 Å². The Kier molecular flexibility index (Phi) is 5.32. The van der Waals surface area contributed by atoms with Gasteiger partial charge in [0.15, 0.2) is 12.0 Å². The van der Waals surface area contributed by atoms with Gasteiger partial charge in [-0.1, -0.05) is 6.07 Å². The van der Waals surface area contributed by atoms with Gasteiger partial charge in [0.2, 0.25) is 0 Å². The van der Waals surface area contributed by atoms with Crippen molar-refractivity contribution in [3.05, 3.63) is 59.9 Å². The van der Waals surface area contributed by atoms with Crippen LogP contribution in [0.3, 0.4) is 0 Å². The lowest BCUT2D eigenvalue weighted by atomic mass is 10.1. The molecule has 3 fully saturated rings. The van der Waals surface area contributed by atoms with Gasteiger partial charge >= 0.3 is 6.03 Å². The number of rotatable bonds is 3. The fourth-order valence-electron chi connectivity index (χ4n) is 4.47. The van der Waals surface area contributed by atoms with Crippen LogP contribution in [0.25, 0.3) is 0 Å². The number of benzene rings is 2. The number of fused-ring (bicyclic) bond motifs is 5. The maximum absolute atomic E-state index is 13.2. The second-order valence-electron chi connectivity index (χ2n) is 8.79. The molecule has 2 bridgehead atoms. The van der Waals surface area contributed by atoms with Crippen LogP contribution >= 0.6 is 0 Å². The zero-order chi connectivity index (χ0) is 23.3. The molecule has 4 atom stereocenters. The van der Waals surface area contributed by atoms with Crippen LogP contribution in [0.5, 0.6) is 0 Å². The van der Waals surface area contributed by atoms with Gasteiger partial charge in [0.25, 0.3) is 5.91 Å². The number of likely N-dealkylation sites (N-methyl/N-ethyl adjacent to an activating group) is 1. The van der Waals surface area contributed by atoms with Crippen LogP contribution in [0.2, 0.25) is 0 Å². The summed E-state index contributed by atoms with van der Waals surface area (Å²) in [4.78, 5) is 25.8. The van der Waals surface area contributed by atoms with Crippen molar-refractivity contribution < 1.29 is 28.2 Å². The van der Waals surface area contributed by atoms with E-state index in [4.69, 9.17) is 14.2 Å². The Morgan fingerprint density at radius 2 is 1.76 bits per heavy atom. The van der Waals surface area contributed by atoms with Gasteiger partial charge in [0.05, 0.1) is 0 Å². The maximum Gasteiger partial charge on any atom is 0.338 e. The highest BCUT2D eigenvalue weighted by atomic mass is 19.1. The smallest absolute Gasteiger partial charge is 0.338 e. The molecule has 0 unspecified atom stereocenters. The summed E-state index contributed by atoms with van der Waals surface area (Å²) < 4.78 is 31.1. The third-order valence-corrected chi connectivity index (χ3v) is 5.86. The van der Waals surface area contributed by atoms with Gasteiger partial charge in [-0.2, -0.15) is 0 Å². The van der Waals surface area contributed by atoms with Crippen molar-refractivity contribution >= 4 is 23.3 Å². The number of nitrogens with zero attached hydrogens (tertiary/aromatic N) is 2. The number of ether oxygens (including phenoxy) is 3. The molecule has 174 valence electrons. The number of carbonyl (C=O) groups excluding carboxylic acids is 2. The molecule has 3 saturated heterocycles. The zero-order valence-corrected chi connectivity index (χ0v) is 18.4. The molecule has 2 N–H and O–H groups in total. The predicted molar refractivity (Wildman–Crippen MR) is 117 cm³/mol. The number of nitrogens with one attached hydrogen (secondary N) is 2. The van der Waals surface area contributed by atoms with Crippen molar-refractivity contribution in [3.63, 3.8) is 0 Å². The second-order valence-corrected chi connectivity index (χ2v) is 8.79. The molecule has 2 aromatic rings. The Morgan fingerprint density at radius 3 is 2.52 bits per heavy atom. The van der Waals surface area contributed by atoms with Crippen LogP contribution in [0, 0.1) is 5.82 Å². The second kappa shape index (κ2) is 8.07. The molecule has 0 spiro atoms. The van der Waals surface area contributed by atoms with E-state index in [2.05, 4.69) is 10.6 Å². The van der Waals surface area contributed by atoms with Crippen molar-refractivity contribution in [1.29, 1.82) is 0 Å². The standard InChI is InChI=1S/C23H25FN4O5/c1-23(2)32-18-17-12-27(3)28(21(31-17)19(18)33-23)22(30)26-16-6-4-5-13(11-16)20(29)25-15-9-7-14(24)8-10-15/h4-11,17-19,21H,12H2,1-3H3,(H,25,29)(H,26,30)/t17-,18-,19-,21-/m1/s1. The summed E-state index contributed by atoms with van der Waals surface area (Å²) in [6, 6.07) is 11.6. The largest absolute Gasteiger partial charge is 0.346 e. The maximum atomic E-state index is 13.2. The summed E-state index contributed by atoms with van der Waals surface area (Å²) in [5, 5.41) is 8.81. The summed E-state index contributed by atoms with van der Waals surface area (Å²) >= 11 is 0. The summed E-state index contributed by atoms with van der Waals surface area (Å²) in [5.74, 6) is -1.50. The topological polar surface area (TPSA) is 92.4 Å². The van der Waals surface area contributed by atoms with Crippen molar-refractivity contribution in [2.75, 3.05) is 24.2 Å². The van der Waals surface area contributed by atoms with Crippen LogP contribution in [-0.4, -0.2) is 65.9 Å². The van der Waals surface area contributed by atoms with Crippen molar-refractivity contribution in [2.24, 2.45) is 0 Å². The Hall–Kier alpha value is -3.05. The number of hydrazine groups is 1. The van der Waals surface area contributed by atoms with E-state index in [1.54, 1.807) is 36.3 Å². The van der Waals surface area contributed by atoms with Gasteiger partial charge in [-0.05, 0) is 56.3 Å². The quantitative estimate of drug-likeness (QED) is 0.738. The Bertz CT molecular complexity index is 1080. The summed E-state index contributed by atoms with van der Waals surface area (Å²) in [6.45, 7) is 4.17. The lowest BCUT2D eigenvalue weighted by Gasteiger charge is -2.42. The SMILES string of the molecule is CN1C[C@H]2O[C@H]([C@@H]3OC(C)(C)O[C@@H]32)N1C(=O)Nc1cccc(C(=O)Nc2ccc(F)cc2)c1. The van der Waals surface area contributed by atoms with E-state index < -0.39 is 24.2 Å². The van der Waals surface area contributed by atoms with E-state index in [9.17, 15) is 14.0 Å². The van der Waals surface area contributed by atoms with Gasteiger partial charge < -0.3 is 24.8 Å². The monoisotopic (exact) mass is 456 g/mol. The molecule has 0 saturated carbocycles. The lowest BCUT2D eigenvalue weighted by molar-refractivity contribution is -0.247. The minimum atomic E-state index is -0.736. The predicted octanol–water partition coefficient (Wildman–Crippen LogP) is 3.02. The van der Waals surface area contributed by atoms with Crippen LogP contribution in [0.4, 0.5) is 20.6 Å². The number of urea groups is 1. The number of amides is 3. The molecular formula is C23H25FN4O5. The summed E-state index contributed by atoms with van der Waals surface area (Å²) in [7, 11) is 1.81. The minimum absolute atomic E-state index is 0.186. The fraction of sp³-hybridized carbons (Fsp3) is 0.391. The minimum Gasteiger partial charge on any atom is -0.346 e. The third-order valence-electron chi connectivity index (χ3n) is 5.86. The number of halogens is 1. The molecule has 9 nitrogen and oxygen atoms in total. The Morgan fingerprint density at radius 1 is 1.03 bits per heavy atom. The summed E-state index contributed by atoms with van der Waals surface area (Å²) in [5.41, 5.74) is 1.26. The zero-order valence-electron chi connectivity index (χ0n) is 18.4. The first-order valence-corrected chi connectivity index (χ1v) is 10.7. The highest BCUT2D eigenvalue weighted by molar-refractivity contribution is 6.05. The lowest BCUT2D eigenvalue weighted by Crippen LogP contribution is -2.59. The van der Waals surface area contributed by atoms with Crippen LogP contribution < -0.4 is 10.6 Å². The molecule has 3 amide bonds. The van der Waals surface area contributed by atoms with Gasteiger partial charge in [-0.3, -0.25) is 4.79 Å². The van der Waals surface area contributed by atoms with E-state index in [1.807, 2.05) is 13.8 Å². The van der Waals surface area contributed by atoms with Crippen LogP contribution in [0.1, 0.15) is 24.2 Å². The van der Waals surface area contributed by atoms with Gasteiger partial charge in [0, 0.05) is 30.5 Å². The first-order valence-electron chi connectivity index (χ1n) is 10.7. The molecular weight excluding hydrogens is 431 g/mol. The number of carbonyl (C=O) groups is 2. The van der Waals surface area contributed by atoms with Gasteiger partial charge in [0.1, 0.15) is 24.1 Å². The van der Waals surface area contributed by atoms with E-state index in [1.165, 1.54) is 29.3 Å². The molecule has 3 heterocycles. The van der Waals surface area contributed by atoms with Crippen LogP contribution in [-0.2, 0) is 14.2 Å². The van der Waals surface area contributed by atoms with Crippen molar-refractivity contribution in [2.45, 2.75) is 44.2 Å². The van der Waals surface area contributed by atoms with E-state index in [0.29, 0.717) is 23.5 Å². The van der Waals surface area contributed by atoms with E-state index in [0.717, 1.165) is 0 Å². The average molecular weight is 456 g/mol. The molecule has 3 aliphatic rings. The average Bonchev–Trinajstić information content (AvgIpc) is 3.21. The van der Waals surface area contributed by atoms with Gasteiger partial charge in [-0.25, -0.2) is 19.2 Å². The van der Waals surface area contributed by atoms with Crippen molar-refractivity contribution in [3.8, 4) is 0 Å². The Labute approximate surface area is 190 Å². The first-order chi connectivity index (χ1) is 15.7. The molecule has 0 aromatic heterocycles. The number of hydrogen-bond donors (Lipinski definition) is 2. The highest BCUT2D eigenvalue weighted by Crippen LogP contribution is 2.42. The Balaban J connectivity index is 1.29. The highest BCUT2D eigenvalue weighted by Gasteiger charge is 2.61. The van der Waals surface area contributed by atoms with E-state index >= 15 is 0 Å². The molecule has 10 heteroatoms. The van der Waals surface area contributed by atoms with Gasteiger partial charge in [-0.15, -0.1) is 0 Å². The molecule has 0 radical (unpaired) electrons.